The summed E-state index contributed by atoms with van der Waals surface area (Å²) in [6, 6.07) is 4.20. The first-order valence-electron chi connectivity index (χ1n) is 3.73. The van der Waals surface area contributed by atoms with Crippen LogP contribution in [-0.2, 0) is 0 Å². The van der Waals surface area contributed by atoms with E-state index in [0.717, 1.165) is 18.5 Å². The van der Waals surface area contributed by atoms with Crippen molar-refractivity contribution in [2.75, 3.05) is 0 Å². The molecule has 0 aliphatic heterocycles. The fraction of sp³-hybridized carbons (Fsp3) is 0.500. The molecule has 1 heterocycles. The van der Waals surface area contributed by atoms with Crippen molar-refractivity contribution in [2.24, 2.45) is 5.73 Å². The van der Waals surface area contributed by atoms with E-state index < -0.39 is 0 Å². The molecule has 1 aromatic rings. The molecule has 1 atom stereocenters. The lowest BCUT2D eigenvalue weighted by Crippen LogP contribution is -2.09. The highest BCUT2D eigenvalue weighted by Crippen LogP contribution is 2.11. The monoisotopic (exact) mass is 138 g/mol. The lowest BCUT2D eigenvalue weighted by atomic mass is 10.1. The van der Waals surface area contributed by atoms with Crippen LogP contribution in [0.3, 0.4) is 0 Å². The van der Waals surface area contributed by atoms with Crippen molar-refractivity contribution in [3.05, 3.63) is 24.0 Å². The average Bonchev–Trinajstić information content (AvgIpc) is 2.38. The maximum atomic E-state index is 5.82. The Labute approximate surface area is 61.4 Å². The zero-order chi connectivity index (χ0) is 7.40. The van der Waals surface area contributed by atoms with Crippen molar-refractivity contribution in [1.29, 1.82) is 0 Å². The quantitative estimate of drug-likeness (QED) is 0.657. The summed E-state index contributed by atoms with van der Waals surface area (Å²) in [5.41, 5.74) is 6.96. The molecule has 0 aliphatic rings. The minimum atomic E-state index is 0.194. The largest absolute Gasteiger partial charge is 0.364 e. The molecule has 1 rings (SSSR count). The van der Waals surface area contributed by atoms with Gasteiger partial charge in [0.15, 0.2) is 0 Å². The number of hydrogen-bond donors (Lipinski definition) is 2. The maximum absolute atomic E-state index is 5.82. The van der Waals surface area contributed by atoms with Gasteiger partial charge in [0.1, 0.15) is 0 Å². The minimum Gasteiger partial charge on any atom is -0.364 e. The van der Waals surface area contributed by atoms with Gasteiger partial charge in [-0.15, -0.1) is 0 Å². The summed E-state index contributed by atoms with van der Waals surface area (Å²) in [5, 5.41) is 0. The van der Waals surface area contributed by atoms with Gasteiger partial charge in [-0.2, -0.15) is 0 Å². The fourth-order valence-corrected chi connectivity index (χ4v) is 1.04. The highest BCUT2D eigenvalue weighted by molar-refractivity contribution is 5.07. The molecule has 0 amide bonds. The van der Waals surface area contributed by atoms with Crippen molar-refractivity contribution < 1.29 is 0 Å². The molecule has 2 heteroatoms. The van der Waals surface area contributed by atoms with Gasteiger partial charge in [0.25, 0.3) is 0 Å². The summed E-state index contributed by atoms with van der Waals surface area (Å²) >= 11 is 0. The van der Waals surface area contributed by atoms with Gasteiger partial charge in [0.05, 0.1) is 0 Å². The van der Waals surface area contributed by atoms with E-state index in [1.54, 1.807) is 0 Å². The summed E-state index contributed by atoms with van der Waals surface area (Å²) in [5.74, 6) is 0. The molecule has 0 spiro atoms. The Kier molecular flexibility index (Phi) is 2.51. The Morgan fingerprint density at radius 3 is 3.00 bits per heavy atom. The molecular weight excluding hydrogens is 124 g/mol. The van der Waals surface area contributed by atoms with E-state index in [1.165, 1.54) is 0 Å². The summed E-state index contributed by atoms with van der Waals surface area (Å²) in [7, 11) is 0. The third-order valence-corrected chi connectivity index (χ3v) is 1.62. The standard InChI is InChI=1S/C8H14N2/c1-2-4-7(9)8-5-3-6-10-8/h3,5-7,10H,2,4,9H2,1H3/t7-/m1/s1. The van der Waals surface area contributed by atoms with Crippen LogP contribution >= 0.6 is 0 Å². The second kappa shape index (κ2) is 3.42. The third-order valence-electron chi connectivity index (χ3n) is 1.62. The topological polar surface area (TPSA) is 41.8 Å². The van der Waals surface area contributed by atoms with E-state index in [0.29, 0.717) is 0 Å². The second-order valence-corrected chi connectivity index (χ2v) is 2.52. The van der Waals surface area contributed by atoms with Crippen LogP contribution < -0.4 is 5.73 Å². The normalized spacial score (nSPS) is 13.4. The van der Waals surface area contributed by atoms with Crippen LogP contribution in [0, 0.1) is 0 Å². The van der Waals surface area contributed by atoms with Crippen LogP contribution in [-0.4, -0.2) is 4.98 Å². The van der Waals surface area contributed by atoms with E-state index in [1.807, 2.05) is 18.3 Å². The van der Waals surface area contributed by atoms with Gasteiger partial charge >= 0.3 is 0 Å². The van der Waals surface area contributed by atoms with Crippen molar-refractivity contribution in [3.63, 3.8) is 0 Å². The predicted molar refractivity (Wildman–Crippen MR) is 42.6 cm³/mol. The summed E-state index contributed by atoms with van der Waals surface area (Å²) in [6.07, 6.45) is 4.10. The summed E-state index contributed by atoms with van der Waals surface area (Å²) in [6.45, 7) is 2.14. The molecule has 56 valence electrons. The molecule has 0 aromatic carbocycles. The van der Waals surface area contributed by atoms with Gasteiger partial charge in [0, 0.05) is 17.9 Å². The van der Waals surface area contributed by atoms with Crippen LogP contribution in [0.5, 0.6) is 0 Å². The van der Waals surface area contributed by atoms with Gasteiger partial charge in [-0.1, -0.05) is 13.3 Å². The molecule has 0 aliphatic carbocycles. The molecule has 10 heavy (non-hydrogen) atoms. The molecule has 0 fully saturated rings. The molecule has 0 unspecified atom stereocenters. The van der Waals surface area contributed by atoms with E-state index in [-0.39, 0.29) is 6.04 Å². The molecular formula is C8H14N2. The van der Waals surface area contributed by atoms with Gasteiger partial charge in [-0.3, -0.25) is 0 Å². The average molecular weight is 138 g/mol. The number of hydrogen-bond acceptors (Lipinski definition) is 1. The third kappa shape index (κ3) is 1.61. The lowest BCUT2D eigenvalue weighted by molar-refractivity contribution is 0.625. The Balaban J connectivity index is 2.50. The highest BCUT2D eigenvalue weighted by atomic mass is 14.8. The molecule has 2 nitrogen and oxygen atoms in total. The van der Waals surface area contributed by atoms with Gasteiger partial charge in [-0.05, 0) is 18.6 Å². The minimum absolute atomic E-state index is 0.194. The number of aromatic amines is 1. The molecule has 0 saturated carbocycles. The highest BCUT2D eigenvalue weighted by Gasteiger charge is 2.02. The van der Waals surface area contributed by atoms with Crippen molar-refractivity contribution in [3.8, 4) is 0 Å². The van der Waals surface area contributed by atoms with Gasteiger partial charge in [-0.25, -0.2) is 0 Å². The Hall–Kier alpha value is -0.760. The molecule has 0 radical (unpaired) electrons. The predicted octanol–water partition coefficient (Wildman–Crippen LogP) is 1.81. The summed E-state index contributed by atoms with van der Waals surface area (Å²) < 4.78 is 0. The maximum Gasteiger partial charge on any atom is 0.0447 e. The summed E-state index contributed by atoms with van der Waals surface area (Å²) in [4.78, 5) is 3.10. The van der Waals surface area contributed by atoms with Gasteiger partial charge in [0.2, 0.25) is 0 Å². The van der Waals surface area contributed by atoms with Crippen LogP contribution in [0.15, 0.2) is 18.3 Å². The van der Waals surface area contributed by atoms with E-state index >= 15 is 0 Å². The van der Waals surface area contributed by atoms with Crippen molar-refractivity contribution in [1.82, 2.24) is 4.98 Å². The number of nitrogens with one attached hydrogen (secondary N) is 1. The van der Waals surface area contributed by atoms with Crippen molar-refractivity contribution >= 4 is 0 Å². The fourth-order valence-electron chi connectivity index (χ4n) is 1.04. The first-order chi connectivity index (χ1) is 4.84. The van der Waals surface area contributed by atoms with E-state index in [4.69, 9.17) is 5.73 Å². The Morgan fingerprint density at radius 1 is 1.70 bits per heavy atom. The Bertz CT molecular complexity index is 167. The second-order valence-electron chi connectivity index (χ2n) is 2.52. The van der Waals surface area contributed by atoms with Crippen LogP contribution in [0.25, 0.3) is 0 Å². The number of nitrogens with two attached hydrogens (primary N) is 1. The smallest absolute Gasteiger partial charge is 0.0447 e. The van der Waals surface area contributed by atoms with Crippen molar-refractivity contribution in [2.45, 2.75) is 25.8 Å². The SMILES string of the molecule is CCC[C@@H](N)c1ccc[nH]1. The first kappa shape index (κ1) is 7.35. The first-order valence-corrected chi connectivity index (χ1v) is 3.73. The van der Waals surface area contributed by atoms with Gasteiger partial charge < -0.3 is 10.7 Å². The number of rotatable bonds is 3. The zero-order valence-corrected chi connectivity index (χ0v) is 6.30. The molecule has 0 saturated heterocycles. The van der Waals surface area contributed by atoms with Crippen LogP contribution in [0.4, 0.5) is 0 Å². The van der Waals surface area contributed by atoms with E-state index in [2.05, 4.69) is 11.9 Å². The van der Waals surface area contributed by atoms with Crippen LogP contribution in [0.1, 0.15) is 31.5 Å². The lowest BCUT2D eigenvalue weighted by Gasteiger charge is -2.06. The van der Waals surface area contributed by atoms with E-state index in [9.17, 15) is 0 Å². The molecule has 0 bridgehead atoms. The van der Waals surface area contributed by atoms with Crippen LogP contribution in [0.2, 0.25) is 0 Å². The molecule has 3 N–H and O–H groups in total. The molecule has 1 aromatic heterocycles. The zero-order valence-electron chi connectivity index (χ0n) is 6.30. The Morgan fingerprint density at radius 2 is 2.50 bits per heavy atom. The number of H-pyrrole nitrogens is 1. The number of aromatic nitrogens is 1.